The van der Waals surface area contributed by atoms with Gasteiger partial charge in [0.15, 0.2) is 0 Å². The Morgan fingerprint density at radius 2 is 1.84 bits per heavy atom. The number of amides is 1. The van der Waals surface area contributed by atoms with Crippen LogP contribution in [-0.4, -0.2) is 12.5 Å². The summed E-state index contributed by atoms with van der Waals surface area (Å²) in [6.07, 6.45) is 1.95. The van der Waals surface area contributed by atoms with Gasteiger partial charge in [-0.25, -0.2) is 4.39 Å². The van der Waals surface area contributed by atoms with Gasteiger partial charge in [-0.15, -0.1) is 0 Å². The first-order chi connectivity index (χ1) is 12.1. The summed E-state index contributed by atoms with van der Waals surface area (Å²) in [6.45, 7) is 0.485. The van der Waals surface area contributed by atoms with Crippen molar-refractivity contribution >= 4 is 11.6 Å². The molecule has 6 heteroatoms. The van der Waals surface area contributed by atoms with Crippen LogP contribution in [0.15, 0.2) is 60.3 Å². The molecule has 0 bridgehead atoms. The van der Waals surface area contributed by atoms with Crippen LogP contribution in [0.25, 0.3) is 0 Å². The molecule has 25 heavy (non-hydrogen) atoms. The number of carbonyl (C=O) groups is 1. The standard InChI is InChI=1S/C19H15FN4O/c20-17-7-5-14(6-8-17)9-10-23-13-16(12-22)19(25)24-18-4-2-1-3-15(18)11-21/h1-8,13,23H,9-10H2,(H,24,25)/b16-13-. The molecule has 0 aliphatic carbocycles. The molecule has 0 aliphatic heterocycles. The van der Waals surface area contributed by atoms with Crippen LogP contribution in [0.1, 0.15) is 11.1 Å². The first-order valence-corrected chi connectivity index (χ1v) is 7.52. The maximum absolute atomic E-state index is 12.8. The number of benzene rings is 2. The Morgan fingerprint density at radius 1 is 1.12 bits per heavy atom. The van der Waals surface area contributed by atoms with Gasteiger partial charge in [0.1, 0.15) is 23.5 Å². The van der Waals surface area contributed by atoms with Crippen LogP contribution in [0.2, 0.25) is 0 Å². The van der Waals surface area contributed by atoms with Crippen LogP contribution in [-0.2, 0) is 11.2 Å². The molecule has 2 aromatic rings. The molecule has 0 aromatic heterocycles. The van der Waals surface area contributed by atoms with Gasteiger partial charge in [0.2, 0.25) is 0 Å². The van der Waals surface area contributed by atoms with Gasteiger partial charge in [0.05, 0.1) is 11.3 Å². The number of hydrogen-bond donors (Lipinski definition) is 2. The van der Waals surface area contributed by atoms with Crippen molar-refractivity contribution in [3.63, 3.8) is 0 Å². The van der Waals surface area contributed by atoms with Gasteiger partial charge < -0.3 is 10.6 Å². The van der Waals surface area contributed by atoms with Gasteiger partial charge in [-0.2, -0.15) is 10.5 Å². The topological polar surface area (TPSA) is 88.7 Å². The van der Waals surface area contributed by atoms with Gasteiger partial charge >= 0.3 is 0 Å². The van der Waals surface area contributed by atoms with E-state index in [0.717, 1.165) is 5.56 Å². The highest BCUT2D eigenvalue weighted by Crippen LogP contribution is 2.14. The molecule has 5 nitrogen and oxygen atoms in total. The molecule has 124 valence electrons. The molecule has 0 saturated heterocycles. The summed E-state index contributed by atoms with van der Waals surface area (Å²) < 4.78 is 12.8. The fourth-order valence-corrected chi connectivity index (χ4v) is 2.07. The normalized spacial score (nSPS) is 10.4. The van der Waals surface area contributed by atoms with Crippen molar-refractivity contribution in [1.29, 1.82) is 10.5 Å². The zero-order valence-corrected chi connectivity index (χ0v) is 13.3. The lowest BCUT2D eigenvalue weighted by molar-refractivity contribution is -0.112. The second-order valence-corrected chi connectivity index (χ2v) is 5.11. The zero-order chi connectivity index (χ0) is 18.1. The number of nitrogens with one attached hydrogen (secondary N) is 2. The molecule has 0 saturated carbocycles. The molecule has 2 rings (SSSR count). The number of rotatable bonds is 6. The number of hydrogen-bond acceptors (Lipinski definition) is 4. The van der Waals surface area contributed by atoms with E-state index in [1.165, 1.54) is 18.3 Å². The summed E-state index contributed by atoms with van der Waals surface area (Å²) in [5, 5.41) is 23.6. The third kappa shape index (κ3) is 5.19. The van der Waals surface area contributed by atoms with E-state index in [2.05, 4.69) is 10.6 Å². The molecule has 0 fully saturated rings. The van der Waals surface area contributed by atoms with Crippen molar-refractivity contribution in [2.24, 2.45) is 0 Å². The lowest BCUT2D eigenvalue weighted by Crippen LogP contribution is -2.18. The van der Waals surface area contributed by atoms with E-state index in [0.29, 0.717) is 24.2 Å². The molecule has 0 atom stereocenters. The summed E-state index contributed by atoms with van der Waals surface area (Å²) in [5.41, 5.74) is 1.50. The monoisotopic (exact) mass is 334 g/mol. The van der Waals surface area contributed by atoms with Crippen molar-refractivity contribution < 1.29 is 9.18 Å². The highest BCUT2D eigenvalue weighted by Gasteiger charge is 2.11. The van der Waals surface area contributed by atoms with Crippen LogP contribution >= 0.6 is 0 Å². The van der Waals surface area contributed by atoms with Crippen molar-refractivity contribution in [3.05, 3.63) is 77.2 Å². The van der Waals surface area contributed by atoms with E-state index in [1.807, 2.05) is 12.1 Å². The fourth-order valence-electron chi connectivity index (χ4n) is 2.07. The molecule has 0 radical (unpaired) electrons. The molecule has 0 aliphatic rings. The van der Waals surface area contributed by atoms with Gasteiger partial charge in [0.25, 0.3) is 5.91 Å². The van der Waals surface area contributed by atoms with Gasteiger partial charge in [-0.05, 0) is 36.2 Å². The smallest absolute Gasteiger partial charge is 0.267 e. The van der Waals surface area contributed by atoms with E-state index < -0.39 is 5.91 Å². The maximum Gasteiger partial charge on any atom is 0.267 e. The number of nitriles is 2. The Labute approximate surface area is 145 Å². The van der Waals surface area contributed by atoms with Crippen LogP contribution in [0.3, 0.4) is 0 Å². The Balaban J connectivity index is 1.93. The molecule has 1 amide bonds. The zero-order valence-electron chi connectivity index (χ0n) is 13.3. The minimum atomic E-state index is -0.598. The molecule has 0 spiro atoms. The molecule has 2 aromatic carbocycles. The molecular weight excluding hydrogens is 319 g/mol. The first kappa shape index (κ1) is 17.7. The minimum Gasteiger partial charge on any atom is -0.389 e. The largest absolute Gasteiger partial charge is 0.389 e. The number of halogens is 1. The van der Waals surface area contributed by atoms with Gasteiger partial charge in [0, 0.05) is 12.7 Å². The summed E-state index contributed by atoms with van der Waals surface area (Å²) in [6, 6.07) is 16.5. The Morgan fingerprint density at radius 3 is 2.52 bits per heavy atom. The maximum atomic E-state index is 12.8. The summed E-state index contributed by atoms with van der Waals surface area (Å²) in [5.74, 6) is -0.892. The summed E-state index contributed by atoms with van der Waals surface area (Å²) in [4.78, 5) is 12.1. The highest BCUT2D eigenvalue weighted by molar-refractivity contribution is 6.07. The van der Waals surface area contributed by atoms with Crippen LogP contribution in [0, 0.1) is 28.5 Å². The Hall–Kier alpha value is -3.64. The van der Waals surface area contributed by atoms with Crippen molar-refractivity contribution in [2.45, 2.75) is 6.42 Å². The van der Waals surface area contributed by atoms with Gasteiger partial charge in [-0.1, -0.05) is 24.3 Å². The molecule has 0 unspecified atom stereocenters. The van der Waals surface area contributed by atoms with Crippen LogP contribution in [0.5, 0.6) is 0 Å². The number of para-hydroxylation sites is 1. The SMILES string of the molecule is N#C/C(=C/NCCc1ccc(F)cc1)C(=O)Nc1ccccc1C#N. The average Bonchev–Trinajstić information content (AvgIpc) is 2.63. The van der Waals surface area contributed by atoms with Crippen LogP contribution < -0.4 is 10.6 Å². The predicted molar refractivity (Wildman–Crippen MR) is 91.6 cm³/mol. The molecule has 2 N–H and O–H groups in total. The molecular formula is C19H15FN4O. The van der Waals surface area contributed by atoms with E-state index in [9.17, 15) is 9.18 Å². The second kappa shape index (κ2) is 8.85. The third-order valence-electron chi connectivity index (χ3n) is 3.38. The van der Waals surface area contributed by atoms with Crippen molar-refractivity contribution in [1.82, 2.24) is 5.32 Å². The summed E-state index contributed by atoms with van der Waals surface area (Å²) >= 11 is 0. The van der Waals surface area contributed by atoms with Crippen molar-refractivity contribution in [2.75, 3.05) is 11.9 Å². The second-order valence-electron chi connectivity index (χ2n) is 5.11. The average molecular weight is 334 g/mol. The number of nitrogens with zero attached hydrogens (tertiary/aromatic N) is 2. The summed E-state index contributed by atoms with van der Waals surface area (Å²) in [7, 11) is 0. The Kier molecular flexibility index (Phi) is 6.27. The highest BCUT2D eigenvalue weighted by atomic mass is 19.1. The van der Waals surface area contributed by atoms with E-state index >= 15 is 0 Å². The van der Waals surface area contributed by atoms with E-state index in [-0.39, 0.29) is 11.4 Å². The lowest BCUT2D eigenvalue weighted by atomic mass is 10.1. The minimum absolute atomic E-state index is 0.105. The predicted octanol–water partition coefficient (Wildman–Crippen LogP) is 2.88. The van der Waals surface area contributed by atoms with Crippen molar-refractivity contribution in [3.8, 4) is 12.1 Å². The van der Waals surface area contributed by atoms with Crippen LogP contribution in [0.4, 0.5) is 10.1 Å². The molecule has 0 heterocycles. The number of anilines is 1. The number of carbonyl (C=O) groups excluding carboxylic acids is 1. The first-order valence-electron chi connectivity index (χ1n) is 7.52. The lowest BCUT2D eigenvalue weighted by Gasteiger charge is -2.06. The third-order valence-corrected chi connectivity index (χ3v) is 3.38. The van der Waals surface area contributed by atoms with Gasteiger partial charge in [-0.3, -0.25) is 4.79 Å². The Bertz CT molecular complexity index is 860. The van der Waals surface area contributed by atoms with E-state index in [4.69, 9.17) is 10.5 Å². The quantitative estimate of drug-likeness (QED) is 0.483. The fraction of sp³-hybridized carbons (Fsp3) is 0.105. The van der Waals surface area contributed by atoms with E-state index in [1.54, 1.807) is 36.4 Å².